The van der Waals surface area contributed by atoms with E-state index >= 15 is 0 Å². The molecule has 1 aromatic rings. The highest BCUT2D eigenvalue weighted by molar-refractivity contribution is 6.00. The first-order valence-electron chi connectivity index (χ1n) is 7.96. The quantitative estimate of drug-likeness (QED) is 0.875. The predicted molar refractivity (Wildman–Crippen MR) is 89.3 cm³/mol. The van der Waals surface area contributed by atoms with E-state index in [1.807, 2.05) is 51.0 Å². The van der Waals surface area contributed by atoms with Gasteiger partial charge in [0.15, 0.2) is 6.10 Å². The molecule has 1 heterocycles. The third-order valence-electron chi connectivity index (χ3n) is 3.97. The molecule has 2 atom stereocenters. The molecule has 0 aliphatic carbocycles. The number of carbonyl (C=O) groups excluding carboxylic acids is 1. The number of nitrogens with two attached hydrogens (primary N) is 1. The molecule has 0 aromatic heterocycles. The monoisotopic (exact) mass is 305 g/mol. The number of hydrogen-bond acceptors (Lipinski definition) is 4. The first-order valence-corrected chi connectivity index (χ1v) is 7.96. The minimum atomic E-state index is -0.381. The van der Waals surface area contributed by atoms with Crippen LogP contribution in [0.25, 0.3) is 0 Å². The molecule has 1 amide bonds. The maximum absolute atomic E-state index is 12.6. The molecule has 0 bridgehead atoms. The van der Waals surface area contributed by atoms with E-state index < -0.39 is 0 Å². The number of benzene rings is 1. The van der Waals surface area contributed by atoms with Gasteiger partial charge in [-0.05, 0) is 58.1 Å². The molecule has 1 aliphatic rings. The predicted octanol–water partition coefficient (Wildman–Crippen LogP) is 2.16. The summed E-state index contributed by atoms with van der Waals surface area (Å²) in [5.41, 5.74) is 7.84. The molecular formula is C17H27N3O2. The van der Waals surface area contributed by atoms with Crippen molar-refractivity contribution in [2.45, 2.75) is 38.8 Å². The standard InChI is InChI=1S/C17H27N3O2/c1-5-15-17(21)20(10-6-9-19(3)4)14-11-13(12(2)18)7-8-16(14)22-15/h7-8,11-12,15H,5-6,9-10,18H2,1-4H3/t12-,15+/m0/s1. The number of anilines is 1. The van der Waals surface area contributed by atoms with Crippen molar-refractivity contribution in [2.24, 2.45) is 5.73 Å². The van der Waals surface area contributed by atoms with Crippen molar-refractivity contribution in [3.8, 4) is 5.75 Å². The molecule has 122 valence electrons. The molecule has 0 saturated carbocycles. The summed E-state index contributed by atoms with van der Waals surface area (Å²) in [5.74, 6) is 0.830. The van der Waals surface area contributed by atoms with Gasteiger partial charge >= 0.3 is 0 Å². The van der Waals surface area contributed by atoms with Crippen LogP contribution < -0.4 is 15.4 Å². The third kappa shape index (κ3) is 3.59. The molecule has 0 spiro atoms. The molecule has 1 aliphatic heterocycles. The Morgan fingerprint density at radius 3 is 2.73 bits per heavy atom. The number of fused-ring (bicyclic) bond motifs is 1. The molecule has 0 saturated heterocycles. The number of ether oxygens (including phenoxy) is 1. The summed E-state index contributed by atoms with van der Waals surface area (Å²) in [6.07, 6.45) is 1.22. The van der Waals surface area contributed by atoms with Crippen LogP contribution >= 0.6 is 0 Å². The van der Waals surface area contributed by atoms with E-state index in [0.717, 1.165) is 30.0 Å². The second kappa shape index (κ2) is 7.11. The second-order valence-corrected chi connectivity index (χ2v) is 6.18. The van der Waals surface area contributed by atoms with Crippen molar-refractivity contribution in [2.75, 3.05) is 32.1 Å². The molecule has 1 aromatic carbocycles. The zero-order chi connectivity index (χ0) is 16.3. The van der Waals surface area contributed by atoms with E-state index in [-0.39, 0.29) is 18.1 Å². The van der Waals surface area contributed by atoms with E-state index in [1.54, 1.807) is 0 Å². The zero-order valence-electron chi connectivity index (χ0n) is 14.0. The van der Waals surface area contributed by atoms with Crippen LogP contribution in [-0.4, -0.2) is 44.1 Å². The van der Waals surface area contributed by atoms with Crippen molar-refractivity contribution in [3.63, 3.8) is 0 Å². The fourth-order valence-corrected chi connectivity index (χ4v) is 2.66. The molecule has 22 heavy (non-hydrogen) atoms. The van der Waals surface area contributed by atoms with Gasteiger partial charge in [-0.2, -0.15) is 0 Å². The smallest absolute Gasteiger partial charge is 0.268 e. The van der Waals surface area contributed by atoms with Gasteiger partial charge in [0.2, 0.25) is 0 Å². The van der Waals surface area contributed by atoms with Gasteiger partial charge < -0.3 is 20.3 Å². The Balaban J connectivity index is 2.29. The van der Waals surface area contributed by atoms with E-state index in [2.05, 4.69) is 4.90 Å². The van der Waals surface area contributed by atoms with Gasteiger partial charge in [0.25, 0.3) is 5.91 Å². The lowest BCUT2D eigenvalue weighted by Gasteiger charge is -2.35. The normalized spacial score (nSPS) is 19.1. The lowest BCUT2D eigenvalue weighted by atomic mass is 10.0. The van der Waals surface area contributed by atoms with Crippen LogP contribution in [0.4, 0.5) is 5.69 Å². The Bertz CT molecular complexity index is 529. The molecule has 0 fully saturated rings. The lowest BCUT2D eigenvalue weighted by Crippen LogP contribution is -2.46. The lowest BCUT2D eigenvalue weighted by molar-refractivity contribution is -0.126. The molecule has 5 nitrogen and oxygen atoms in total. The van der Waals surface area contributed by atoms with Crippen molar-refractivity contribution >= 4 is 11.6 Å². The first kappa shape index (κ1) is 16.8. The number of rotatable bonds is 6. The summed E-state index contributed by atoms with van der Waals surface area (Å²) in [7, 11) is 4.08. The van der Waals surface area contributed by atoms with Crippen molar-refractivity contribution in [1.29, 1.82) is 0 Å². The highest BCUT2D eigenvalue weighted by Gasteiger charge is 2.33. The molecule has 5 heteroatoms. The Kier molecular flexibility index (Phi) is 5.42. The Hall–Kier alpha value is -1.59. The summed E-state index contributed by atoms with van der Waals surface area (Å²) in [5, 5.41) is 0. The fourth-order valence-electron chi connectivity index (χ4n) is 2.66. The summed E-state index contributed by atoms with van der Waals surface area (Å²) in [6.45, 7) is 5.57. The minimum Gasteiger partial charge on any atom is -0.478 e. The first-order chi connectivity index (χ1) is 10.4. The van der Waals surface area contributed by atoms with Gasteiger partial charge in [0, 0.05) is 12.6 Å². The van der Waals surface area contributed by atoms with Crippen LogP contribution in [0, 0.1) is 0 Å². The van der Waals surface area contributed by atoms with Gasteiger partial charge in [-0.15, -0.1) is 0 Å². The zero-order valence-corrected chi connectivity index (χ0v) is 14.0. The van der Waals surface area contributed by atoms with Gasteiger partial charge in [-0.25, -0.2) is 0 Å². The summed E-state index contributed by atoms with van der Waals surface area (Å²) >= 11 is 0. The van der Waals surface area contributed by atoms with Crippen LogP contribution in [0.1, 0.15) is 38.3 Å². The Labute approximate surface area is 133 Å². The Morgan fingerprint density at radius 1 is 1.41 bits per heavy atom. The average molecular weight is 305 g/mol. The van der Waals surface area contributed by atoms with E-state index in [9.17, 15) is 4.79 Å². The van der Waals surface area contributed by atoms with Crippen LogP contribution in [0.5, 0.6) is 5.75 Å². The molecular weight excluding hydrogens is 278 g/mol. The fraction of sp³-hybridized carbons (Fsp3) is 0.588. The maximum Gasteiger partial charge on any atom is 0.268 e. The van der Waals surface area contributed by atoms with Crippen LogP contribution in [0.2, 0.25) is 0 Å². The van der Waals surface area contributed by atoms with Crippen molar-refractivity contribution in [3.05, 3.63) is 23.8 Å². The van der Waals surface area contributed by atoms with Gasteiger partial charge in [0.05, 0.1) is 5.69 Å². The van der Waals surface area contributed by atoms with Crippen molar-refractivity contribution in [1.82, 2.24) is 4.90 Å². The summed E-state index contributed by atoms with van der Waals surface area (Å²) in [4.78, 5) is 16.6. The SMILES string of the molecule is CC[C@H]1Oc2ccc([C@H](C)N)cc2N(CCCN(C)C)C1=O. The summed E-state index contributed by atoms with van der Waals surface area (Å²) < 4.78 is 5.84. The minimum absolute atomic E-state index is 0.0515. The topological polar surface area (TPSA) is 58.8 Å². The van der Waals surface area contributed by atoms with Crippen LogP contribution in [-0.2, 0) is 4.79 Å². The number of nitrogens with zero attached hydrogens (tertiary/aromatic N) is 2. The van der Waals surface area contributed by atoms with Gasteiger partial charge in [-0.3, -0.25) is 4.79 Å². The highest BCUT2D eigenvalue weighted by Crippen LogP contribution is 2.36. The largest absolute Gasteiger partial charge is 0.478 e. The van der Waals surface area contributed by atoms with Crippen molar-refractivity contribution < 1.29 is 9.53 Å². The maximum atomic E-state index is 12.6. The average Bonchev–Trinajstić information content (AvgIpc) is 2.48. The van der Waals surface area contributed by atoms with Crippen LogP contribution in [0.3, 0.4) is 0 Å². The molecule has 2 N–H and O–H groups in total. The Morgan fingerprint density at radius 2 is 2.14 bits per heavy atom. The third-order valence-corrected chi connectivity index (χ3v) is 3.97. The van der Waals surface area contributed by atoms with Crippen LogP contribution in [0.15, 0.2) is 18.2 Å². The molecule has 2 rings (SSSR count). The van der Waals surface area contributed by atoms with E-state index in [4.69, 9.17) is 10.5 Å². The second-order valence-electron chi connectivity index (χ2n) is 6.18. The van der Waals surface area contributed by atoms with E-state index in [1.165, 1.54) is 0 Å². The van der Waals surface area contributed by atoms with Gasteiger partial charge in [0.1, 0.15) is 5.75 Å². The number of carbonyl (C=O) groups is 1. The van der Waals surface area contributed by atoms with Gasteiger partial charge in [-0.1, -0.05) is 13.0 Å². The number of hydrogen-bond donors (Lipinski definition) is 1. The molecule has 0 radical (unpaired) electrons. The highest BCUT2D eigenvalue weighted by atomic mass is 16.5. The molecule has 0 unspecified atom stereocenters. The summed E-state index contributed by atoms with van der Waals surface area (Å²) in [6, 6.07) is 5.83. The number of amides is 1. The van der Waals surface area contributed by atoms with E-state index in [0.29, 0.717) is 13.0 Å².